The highest BCUT2D eigenvalue weighted by atomic mass is 16.5. The Hall–Kier alpha value is -0.840. The Morgan fingerprint density at radius 2 is 2.32 bits per heavy atom. The molecule has 1 aliphatic heterocycles. The van der Waals surface area contributed by atoms with Crippen molar-refractivity contribution in [3.05, 3.63) is 23.7 Å². The van der Waals surface area contributed by atoms with Crippen LogP contribution in [0.2, 0.25) is 0 Å². The van der Waals surface area contributed by atoms with Gasteiger partial charge in [0.15, 0.2) is 0 Å². The maximum atomic E-state index is 5.68. The van der Waals surface area contributed by atoms with Crippen LogP contribution in [-0.4, -0.2) is 36.7 Å². The first-order valence-electron chi connectivity index (χ1n) is 7.27. The van der Waals surface area contributed by atoms with Gasteiger partial charge in [0.05, 0.1) is 18.9 Å². The van der Waals surface area contributed by atoms with Crippen molar-refractivity contribution in [2.75, 3.05) is 19.7 Å². The number of nitrogens with zero attached hydrogens (tertiary/aromatic N) is 1. The fourth-order valence-electron chi connectivity index (χ4n) is 2.40. The van der Waals surface area contributed by atoms with E-state index < -0.39 is 0 Å². The van der Waals surface area contributed by atoms with Gasteiger partial charge in [0.2, 0.25) is 0 Å². The van der Waals surface area contributed by atoms with E-state index in [0.717, 1.165) is 45.0 Å². The number of nitrogens with one attached hydrogen (secondary N) is 1. The molecule has 0 radical (unpaired) electrons. The molecule has 4 heteroatoms. The number of hydrogen-bond donors (Lipinski definition) is 1. The molecule has 1 aliphatic rings. The quantitative estimate of drug-likeness (QED) is 0.888. The third-order valence-corrected chi connectivity index (χ3v) is 3.44. The van der Waals surface area contributed by atoms with Gasteiger partial charge in [0, 0.05) is 37.8 Å². The Kier molecular flexibility index (Phi) is 5.43. The minimum Gasteiger partial charge on any atom is -0.468 e. The van der Waals surface area contributed by atoms with Crippen molar-refractivity contribution < 1.29 is 9.15 Å². The van der Waals surface area contributed by atoms with E-state index >= 15 is 0 Å². The van der Waals surface area contributed by atoms with Crippen LogP contribution in [0.3, 0.4) is 0 Å². The van der Waals surface area contributed by atoms with Gasteiger partial charge in [-0.3, -0.25) is 4.90 Å². The second-order valence-corrected chi connectivity index (χ2v) is 5.67. The standard InChI is InChI=1S/C15H26N2O2/c1-12(2)16-9-14-5-8-19-15(14)11-17-6-4-7-18-13(3)10-17/h5,8,12-13,16H,4,6-7,9-11H2,1-3H3. The van der Waals surface area contributed by atoms with Crippen LogP contribution < -0.4 is 5.32 Å². The van der Waals surface area contributed by atoms with Gasteiger partial charge in [-0.15, -0.1) is 0 Å². The summed E-state index contributed by atoms with van der Waals surface area (Å²) in [5.41, 5.74) is 1.27. The molecule has 108 valence electrons. The molecule has 2 rings (SSSR count). The smallest absolute Gasteiger partial charge is 0.122 e. The highest BCUT2D eigenvalue weighted by Crippen LogP contribution is 2.16. The van der Waals surface area contributed by atoms with Crippen molar-refractivity contribution in [3.8, 4) is 0 Å². The van der Waals surface area contributed by atoms with E-state index in [-0.39, 0.29) is 0 Å². The van der Waals surface area contributed by atoms with Crippen molar-refractivity contribution in [3.63, 3.8) is 0 Å². The maximum absolute atomic E-state index is 5.68. The summed E-state index contributed by atoms with van der Waals surface area (Å²) in [6, 6.07) is 2.57. The molecule has 0 aliphatic carbocycles. The molecule has 1 fully saturated rings. The normalized spacial score (nSPS) is 21.8. The Labute approximate surface area is 116 Å². The zero-order valence-electron chi connectivity index (χ0n) is 12.3. The lowest BCUT2D eigenvalue weighted by Crippen LogP contribution is -2.30. The van der Waals surface area contributed by atoms with E-state index in [1.165, 1.54) is 5.56 Å². The molecule has 1 N–H and O–H groups in total. The third kappa shape index (κ3) is 4.64. The van der Waals surface area contributed by atoms with Crippen molar-refractivity contribution in [1.82, 2.24) is 10.2 Å². The highest BCUT2D eigenvalue weighted by Gasteiger charge is 2.17. The number of ether oxygens (including phenoxy) is 1. The van der Waals surface area contributed by atoms with Crippen LogP contribution in [0.15, 0.2) is 16.7 Å². The van der Waals surface area contributed by atoms with E-state index in [4.69, 9.17) is 9.15 Å². The lowest BCUT2D eigenvalue weighted by Gasteiger charge is -2.21. The Morgan fingerprint density at radius 1 is 1.47 bits per heavy atom. The molecular weight excluding hydrogens is 240 g/mol. The summed E-state index contributed by atoms with van der Waals surface area (Å²) in [7, 11) is 0. The molecule has 1 aromatic rings. The van der Waals surface area contributed by atoms with Gasteiger partial charge in [-0.2, -0.15) is 0 Å². The summed E-state index contributed by atoms with van der Waals surface area (Å²) in [5.74, 6) is 1.09. The Bertz CT molecular complexity index is 376. The molecule has 4 nitrogen and oxygen atoms in total. The highest BCUT2D eigenvalue weighted by molar-refractivity contribution is 5.17. The van der Waals surface area contributed by atoms with Gasteiger partial charge in [0.1, 0.15) is 5.76 Å². The van der Waals surface area contributed by atoms with E-state index in [1.807, 2.05) is 0 Å². The predicted octanol–water partition coefficient (Wildman–Crippen LogP) is 2.39. The van der Waals surface area contributed by atoms with Gasteiger partial charge in [-0.1, -0.05) is 13.8 Å². The summed E-state index contributed by atoms with van der Waals surface area (Å²) >= 11 is 0. The van der Waals surface area contributed by atoms with Crippen LogP contribution in [0.5, 0.6) is 0 Å². The summed E-state index contributed by atoms with van der Waals surface area (Å²) in [6.07, 6.45) is 3.21. The van der Waals surface area contributed by atoms with Crippen LogP contribution in [0.1, 0.15) is 38.5 Å². The van der Waals surface area contributed by atoms with Crippen molar-refractivity contribution in [1.29, 1.82) is 0 Å². The fraction of sp³-hybridized carbons (Fsp3) is 0.733. The SMILES string of the molecule is CC(C)NCc1ccoc1CN1CCCOC(C)C1. The number of furan rings is 1. The van der Waals surface area contributed by atoms with Gasteiger partial charge < -0.3 is 14.5 Å². The molecule has 19 heavy (non-hydrogen) atoms. The van der Waals surface area contributed by atoms with Gasteiger partial charge in [-0.05, 0) is 19.4 Å². The molecular formula is C15H26N2O2. The van der Waals surface area contributed by atoms with E-state index in [2.05, 4.69) is 37.1 Å². The lowest BCUT2D eigenvalue weighted by molar-refractivity contribution is 0.0658. The largest absolute Gasteiger partial charge is 0.468 e. The topological polar surface area (TPSA) is 37.6 Å². The lowest BCUT2D eigenvalue weighted by atomic mass is 10.2. The fourth-order valence-corrected chi connectivity index (χ4v) is 2.40. The first kappa shape index (κ1) is 14.6. The first-order chi connectivity index (χ1) is 9.15. The van der Waals surface area contributed by atoms with Crippen LogP contribution in [0, 0.1) is 0 Å². The molecule has 2 heterocycles. The van der Waals surface area contributed by atoms with Crippen molar-refractivity contribution in [2.24, 2.45) is 0 Å². The second kappa shape index (κ2) is 7.08. The number of rotatable bonds is 5. The molecule has 0 amide bonds. The molecule has 0 saturated carbocycles. The Balaban J connectivity index is 1.92. The van der Waals surface area contributed by atoms with Crippen molar-refractivity contribution in [2.45, 2.75) is 52.4 Å². The molecule has 1 aromatic heterocycles. The van der Waals surface area contributed by atoms with Gasteiger partial charge in [-0.25, -0.2) is 0 Å². The summed E-state index contributed by atoms with van der Waals surface area (Å²) < 4.78 is 11.3. The summed E-state index contributed by atoms with van der Waals surface area (Å²) in [5, 5.41) is 3.44. The molecule has 1 saturated heterocycles. The van der Waals surface area contributed by atoms with Gasteiger partial charge in [0.25, 0.3) is 0 Å². The minimum atomic E-state index is 0.315. The molecule has 0 aromatic carbocycles. The van der Waals surface area contributed by atoms with Crippen LogP contribution >= 0.6 is 0 Å². The van der Waals surface area contributed by atoms with Crippen LogP contribution in [0.4, 0.5) is 0 Å². The van der Waals surface area contributed by atoms with E-state index in [9.17, 15) is 0 Å². The van der Waals surface area contributed by atoms with Gasteiger partial charge >= 0.3 is 0 Å². The first-order valence-corrected chi connectivity index (χ1v) is 7.27. The molecule has 0 spiro atoms. The van der Waals surface area contributed by atoms with E-state index in [1.54, 1.807) is 6.26 Å². The Morgan fingerprint density at radius 3 is 3.11 bits per heavy atom. The zero-order valence-corrected chi connectivity index (χ0v) is 12.3. The monoisotopic (exact) mass is 266 g/mol. The molecule has 1 unspecified atom stereocenters. The van der Waals surface area contributed by atoms with E-state index in [0.29, 0.717) is 12.1 Å². The van der Waals surface area contributed by atoms with Crippen LogP contribution in [0.25, 0.3) is 0 Å². The number of hydrogen-bond acceptors (Lipinski definition) is 4. The molecule has 0 bridgehead atoms. The average Bonchev–Trinajstić information content (AvgIpc) is 2.68. The summed E-state index contributed by atoms with van der Waals surface area (Å²) in [4.78, 5) is 2.43. The maximum Gasteiger partial charge on any atom is 0.122 e. The zero-order chi connectivity index (χ0) is 13.7. The van der Waals surface area contributed by atoms with Crippen molar-refractivity contribution >= 4 is 0 Å². The predicted molar refractivity (Wildman–Crippen MR) is 76.0 cm³/mol. The minimum absolute atomic E-state index is 0.315. The molecule has 1 atom stereocenters. The summed E-state index contributed by atoms with van der Waals surface area (Å²) in [6.45, 7) is 11.2. The average molecular weight is 266 g/mol. The third-order valence-electron chi connectivity index (χ3n) is 3.44. The second-order valence-electron chi connectivity index (χ2n) is 5.67. The van der Waals surface area contributed by atoms with Crippen LogP contribution in [-0.2, 0) is 17.8 Å².